The topological polar surface area (TPSA) is 46.8 Å². The highest BCUT2D eigenvalue weighted by Gasteiger charge is 2.11. The number of rotatable bonds is 3. The van der Waals surface area contributed by atoms with E-state index in [2.05, 4.69) is 11.1 Å². The summed E-state index contributed by atoms with van der Waals surface area (Å²) < 4.78 is 7.30. The van der Waals surface area contributed by atoms with Crippen molar-refractivity contribution in [1.29, 1.82) is 0 Å². The van der Waals surface area contributed by atoms with Crippen LogP contribution in [-0.2, 0) is 6.61 Å². The summed E-state index contributed by atoms with van der Waals surface area (Å²) in [5.41, 5.74) is 5.80. The van der Waals surface area contributed by atoms with Crippen LogP contribution in [0.3, 0.4) is 0 Å². The molecule has 1 N–H and O–H groups in total. The van der Waals surface area contributed by atoms with Gasteiger partial charge >= 0.3 is 0 Å². The van der Waals surface area contributed by atoms with Crippen LogP contribution in [0.4, 0.5) is 0 Å². The van der Waals surface area contributed by atoms with E-state index in [4.69, 9.17) is 4.74 Å². The molecule has 0 aliphatic heterocycles. The van der Waals surface area contributed by atoms with E-state index in [1.165, 1.54) is 0 Å². The van der Waals surface area contributed by atoms with E-state index in [0.717, 1.165) is 39.3 Å². The van der Waals surface area contributed by atoms with Gasteiger partial charge in [-0.25, -0.2) is 4.98 Å². The molecular weight excluding hydrogens is 264 g/mol. The van der Waals surface area contributed by atoms with Gasteiger partial charge in [0.25, 0.3) is 0 Å². The lowest BCUT2D eigenvalue weighted by atomic mass is 10.0. The molecule has 0 spiro atoms. The van der Waals surface area contributed by atoms with Crippen molar-refractivity contribution < 1.29 is 9.84 Å². The van der Waals surface area contributed by atoms with E-state index in [0.29, 0.717) is 0 Å². The number of aromatic nitrogens is 2. The van der Waals surface area contributed by atoms with E-state index in [-0.39, 0.29) is 6.61 Å². The number of hydrogen-bond acceptors (Lipinski definition) is 3. The summed E-state index contributed by atoms with van der Waals surface area (Å²) >= 11 is 0. The van der Waals surface area contributed by atoms with Gasteiger partial charge in [-0.3, -0.25) is 0 Å². The summed E-state index contributed by atoms with van der Waals surface area (Å²) in [4.78, 5) is 4.67. The summed E-state index contributed by atoms with van der Waals surface area (Å²) in [7, 11) is 1.68. The molecular formula is C17H18N2O2. The first-order valence-electron chi connectivity index (χ1n) is 6.87. The Morgan fingerprint density at radius 3 is 2.76 bits per heavy atom. The number of imidazole rings is 1. The lowest BCUT2D eigenvalue weighted by Crippen LogP contribution is -1.91. The van der Waals surface area contributed by atoms with Crippen molar-refractivity contribution in [2.24, 2.45) is 0 Å². The average molecular weight is 282 g/mol. The summed E-state index contributed by atoms with van der Waals surface area (Å²) in [6, 6.07) is 7.92. The Labute approximate surface area is 123 Å². The van der Waals surface area contributed by atoms with Crippen molar-refractivity contribution in [3.8, 4) is 17.0 Å². The minimum absolute atomic E-state index is 0.0125. The molecule has 4 nitrogen and oxygen atoms in total. The van der Waals surface area contributed by atoms with Crippen LogP contribution in [0.25, 0.3) is 16.9 Å². The van der Waals surface area contributed by atoms with Gasteiger partial charge in [-0.05, 0) is 43.2 Å². The second kappa shape index (κ2) is 5.22. The van der Waals surface area contributed by atoms with Crippen molar-refractivity contribution in [3.05, 3.63) is 53.3 Å². The van der Waals surface area contributed by atoms with Gasteiger partial charge in [0, 0.05) is 23.5 Å². The molecule has 0 saturated heterocycles. The Bertz CT molecular complexity index is 806. The maximum Gasteiger partial charge on any atom is 0.142 e. The lowest BCUT2D eigenvalue weighted by molar-refractivity contribution is 0.282. The molecule has 2 heterocycles. The highest BCUT2D eigenvalue weighted by molar-refractivity contribution is 5.69. The smallest absolute Gasteiger partial charge is 0.142 e. The number of pyridine rings is 1. The van der Waals surface area contributed by atoms with Crippen molar-refractivity contribution in [2.45, 2.75) is 20.5 Å². The first kappa shape index (κ1) is 13.6. The fourth-order valence-corrected chi connectivity index (χ4v) is 2.61. The lowest BCUT2D eigenvalue weighted by Gasteiger charge is -2.09. The molecule has 0 aliphatic rings. The molecule has 0 saturated carbocycles. The quantitative estimate of drug-likeness (QED) is 0.803. The number of aryl methyl sites for hydroxylation is 2. The van der Waals surface area contributed by atoms with Gasteiger partial charge in [0.05, 0.1) is 19.4 Å². The molecule has 0 bridgehead atoms. The van der Waals surface area contributed by atoms with Crippen LogP contribution in [0, 0.1) is 13.8 Å². The van der Waals surface area contributed by atoms with Crippen LogP contribution in [0.5, 0.6) is 5.75 Å². The maximum atomic E-state index is 9.41. The SMILES string of the molecule is COc1cc(C)c(-c2cn3cccc(CO)c3n2)cc1C. The largest absolute Gasteiger partial charge is 0.496 e. The Morgan fingerprint density at radius 1 is 1.24 bits per heavy atom. The van der Waals surface area contributed by atoms with Crippen molar-refractivity contribution in [1.82, 2.24) is 9.38 Å². The molecule has 0 aliphatic carbocycles. The highest BCUT2D eigenvalue weighted by atomic mass is 16.5. The van der Waals surface area contributed by atoms with Gasteiger partial charge in [0.2, 0.25) is 0 Å². The predicted octanol–water partition coefficient (Wildman–Crippen LogP) is 3.12. The first-order chi connectivity index (χ1) is 10.1. The van der Waals surface area contributed by atoms with E-state index in [9.17, 15) is 5.11 Å². The molecule has 3 aromatic rings. The molecule has 0 fully saturated rings. The van der Waals surface area contributed by atoms with Crippen molar-refractivity contribution in [3.63, 3.8) is 0 Å². The number of methoxy groups -OCH3 is 1. The Hall–Kier alpha value is -2.33. The summed E-state index contributed by atoms with van der Waals surface area (Å²) in [5, 5.41) is 9.41. The highest BCUT2D eigenvalue weighted by Crippen LogP contribution is 2.30. The monoisotopic (exact) mass is 282 g/mol. The van der Waals surface area contributed by atoms with Crippen LogP contribution in [0.2, 0.25) is 0 Å². The standard InChI is InChI=1S/C17H18N2O2/c1-11-8-16(21-3)12(2)7-14(11)15-9-19-6-4-5-13(10-20)17(19)18-15/h4-9,20H,10H2,1-3H3. The number of fused-ring (bicyclic) bond motifs is 1. The third kappa shape index (κ3) is 2.28. The van der Waals surface area contributed by atoms with Gasteiger partial charge in [-0.2, -0.15) is 0 Å². The fourth-order valence-electron chi connectivity index (χ4n) is 2.61. The third-order valence-electron chi connectivity index (χ3n) is 3.75. The molecule has 3 rings (SSSR count). The van der Waals surface area contributed by atoms with Gasteiger partial charge in [-0.15, -0.1) is 0 Å². The van der Waals surface area contributed by atoms with E-state index < -0.39 is 0 Å². The molecule has 2 aromatic heterocycles. The average Bonchev–Trinajstić information content (AvgIpc) is 2.92. The molecule has 0 radical (unpaired) electrons. The molecule has 21 heavy (non-hydrogen) atoms. The number of hydrogen-bond donors (Lipinski definition) is 1. The molecule has 0 amide bonds. The normalized spacial score (nSPS) is 11.0. The number of nitrogens with zero attached hydrogens (tertiary/aromatic N) is 2. The minimum atomic E-state index is -0.0125. The minimum Gasteiger partial charge on any atom is -0.496 e. The summed E-state index contributed by atoms with van der Waals surface area (Å²) in [6.07, 6.45) is 3.93. The Kier molecular flexibility index (Phi) is 3.39. The van der Waals surface area contributed by atoms with Crippen molar-refractivity contribution in [2.75, 3.05) is 7.11 Å². The van der Waals surface area contributed by atoms with Crippen LogP contribution in [0.1, 0.15) is 16.7 Å². The zero-order valence-corrected chi connectivity index (χ0v) is 12.4. The molecule has 4 heteroatoms. The molecule has 0 atom stereocenters. The van der Waals surface area contributed by atoms with Crippen LogP contribution in [0.15, 0.2) is 36.7 Å². The van der Waals surface area contributed by atoms with Gasteiger partial charge in [0.1, 0.15) is 11.4 Å². The van der Waals surface area contributed by atoms with Gasteiger partial charge < -0.3 is 14.2 Å². The maximum absolute atomic E-state index is 9.41. The van der Waals surface area contributed by atoms with E-state index in [1.807, 2.05) is 48.8 Å². The van der Waals surface area contributed by atoms with Gasteiger partial charge in [-0.1, -0.05) is 6.07 Å². The van der Waals surface area contributed by atoms with E-state index >= 15 is 0 Å². The number of ether oxygens (including phenoxy) is 1. The summed E-state index contributed by atoms with van der Waals surface area (Å²) in [6.45, 7) is 4.06. The zero-order chi connectivity index (χ0) is 15.0. The fraction of sp³-hybridized carbons (Fsp3) is 0.235. The third-order valence-corrected chi connectivity index (χ3v) is 3.75. The second-order valence-corrected chi connectivity index (χ2v) is 5.19. The van der Waals surface area contributed by atoms with Crippen LogP contribution >= 0.6 is 0 Å². The number of benzene rings is 1. The molecule has 0 unspecified atom stereocenters. The predicted molar refractivity (Wildman–Crippen MR) is 82.6 cm³/mol. The Balaban J connectivity index is 2.19. The summed E-state index contributed by atoms with van der Waals surface area (Å²) in [5.74, 6) is 0.885. The van der Waals surface area contributed by atoms with Gasteiger partial charge in [0.15, 0.2) is 0 Å². The number of aliphatic hydroxyl groups excluding tert-OH is 1. The van der Waals surface area contributed by atoms with E-state index in [1.54, 1.807) is 7.11 Å². The first-order valence-corrected chi connectivity index (χ1v) is 6.87. The van der Waals surface area contributed by atoms with Crippen LogP contribution in [-0.4, -0.2) is 21.6 Å². The Morgan fingerprint density at radius 2 is 2.05 bits per heavy atom. The van der Waals surface area contributed by atoms with Crippen molar-refractivity contribution >= 4 is 5.65 Å². The van der Waals surface area contributed by atoms with Crippen LogP contribution < -0.4 is 4.74 Å². The molecule has 108 valence electrons. The second-order valence-electron chi connectivity index (χ2n) is 5.19. The number of aliphatic hydroxyl groups is 1. The zero-order valence-electron chi connectivity index (χ0n) is 12.4. The molecule has 1 aromatic carbocycles.